The van der Waals surface area contributed by atoms with Crippen LogP contribution in [0.15, 0.2) is 0 Å². The summed E-state index contributed by atoms with van der Waals surface area (Å²) in [7, 11) is 0. The maximum atomic E-state index is 11.1. The van der Waals surface area contributed by atoms with Crippen LogP contribution >= 0.6 is 0 Å². The molecule has 16 heavy (non-hydrogen) atoms. The van der Waals surface area contributed by atoms with E-state index in [2.05, 4.69) is 26.1 Å². The lowest BCUT2D eigenvalue weighted by molar-refractivity contribution is 0.0760. The third-order valence-electron chi connectivity index (χ3n) is 1.87. The second kappa shape index (κ2) is 8.35. The van der Waals surface area contributed by atoms with Crippen LogP contribution in [-0.2, 0) is 9.47 Å². The Balaban J connectivity index is 3.32. The van der Waals surface area contributed by atoms with Gasteiger partial charge in [-0.2, -0.15) is 0 Å². The van der Waals surface area contributed by atoms with Crippen molar-refractivity contribution in [2.75, 3.05) is 32.9 Å². The molecule has 0 unspecified atom stereocenters. The lowest BCUT2D eigenvalue weighted by atomic mass is 9.92. The fourth-order valence-corrected chi connectivity index (χ4v) is 0.969. The number of hydrogen-bond donors (Lipinski definition) is 2. The van der Waals surface area contributed by atoms with Crippen LogP contribution in [-0.4, -0.2) is 39.0 Å². The second-order valence-corrected chi connectivity index (χ2v) is 4.77. The highest BCUT2D eigenvalue weighted by molar-refractivity contribution is 5.66. The lowest BCUT2D eigenvalue weighted by Crippen LogP contribution is -2.29. The van der Waals surface area contributed by atoms with Crippen molar-refractivity contribution in [1.29, 1.82) is 0 Å². The van der Waals surface area contributed by atoms with E-state index in [1.54, 1.807) is 0 Å². The van der Waals surface area contributed by atoms with E-state index < -0.39 is 0 Å². The van der Waals surface area contributed by atoms with Crippen molar-refractivity contribution in [3.8, 4) is 0 Å². The number of rotatable bonds is 7. The van der Waals surface area contributed by atoms with Gasteiger partial charge in [-0.15, -0.1) is 0 Å². The second-order valence-electron chi connectivity index (χ2n) is 4.77. The van der Waals surface area contributed by atoms with Crippen LogP contribution in [0.3, 0.4) is 0 Å². The Kier molecular flexibility index (Phi) is 7.93. The van der Waals surface area contributed by atoms with Crippen LogP contribution in [0.5, 0.6) is 0 Å². The number of amides is 1. The molecule has 5 nitrogen and oxygen atoms in total. The van der Waals surface area contributed by atoms with E-state index in [1.807, 2.05) is 0 Å². The van der Waals surface area contributed by atoms with E-state index in [1.165, 1.54) is 0 Å². The average molecular weight is 232 g/mol. The van der Waals surface area contributed by atoms with Crippen LogP contribution in [0.25, 0.3) is 0 Å². The van der Waals surface area contributed by atoms with Gasteiger partial charge in [-0.3, -0.25) is 0 Å². The Bertz CT molecular complexity index is 190. The molecular weight excluding hydrogens is 208 g/mol. The van der Waals surface area contributed by atoms with Gasteiger partial charge in [-0.1, -0.05) is 20.8 Å². The molecule has 0 heterocycles. The zero-order valence-corrected chi connectivity index (χ0v) is 10.5. The van der Waals surface area contributed by atoms with Gasteiger partial charge in [-0.05, 0) is 11.8 Å². The molecule has 3 N–H and O–H groups in total. The van der Waals surface area contributed by atoms with Gasteiger partial charge in [-0.25, -0.2) is 4.79 Å². The van der Waals surface area contributed by atoms with Crippen LogP contribution in [0.4, 0.5) is 4.79 Å². The molecule has 0 aromatic rings. The van der Waals surface area contributed by atoms with Gasteiger partial charge in [0, 0.05) is 13.1 Å². The normalized spacial score (nSPS) is 11.2. The molecule has 0 aliphatic heterocycles. The summed E-state index contributed by atoms with van der Waals surface area (Å²) in [5, 5.41) is 2.69. The molecule has 0 rings (SSSR count). The van der Waals surface area contributed by atoms with Crippen molar-refractivity contribution >= 4 is 6.09 Å². The highest BCUT2D eigenvalue weighted by atomic mass is 16.6. The van der Waals surface area contributed by atoms with Crippen LogP contribution in [0.2, 0.25) is 0 Å². The zero-order chi connectivity index (χ0) is 12.4. The molecule has 0 bridgehead atoms. The predicted molar refractivity (Wildman–Crippen MR) is 63.3 cm³/mol. The summed E-state index contributed by atoms with van der Waals surface area (Å²) in [6, 6.07) is 0. The van der Waals surface area contributed by atoms with Gasteiger partial charge in [0.05, 0.1) is 13.2 Å². The Hall–Kier alpha value is -0.810. The summed E-state index contributed by atoms with van der Waals surface area (Å²) in [4.78, 5) is 11.1. The van der Waals surface area contributed by atoms with Crippen LogP contribution in [0.1, 0.15) is 27.2 Å². The number of carbonyl (C=O) groups is 1. The number of alkyl carbamates (subject to hydrolysis) is 1. The molecular formula is C11H24N2O3. The molecule has 0 aromatic carbocycles. The summed E-state index contributed by atoms with van der Waals surface area (Å²) in [5.41, 5.74) is 5.45. The van der Waals surface area contributed by atoms with Gasteiger partial charge in [0.15, 0.2) is 0 Å². The van der Waals surface area contributed by atoms with E-state index in [0.717, 1.165) is 6.42 Å². The molecule has 0 aliphatic carbocycles. The lowest BCUT2D eigenvalue weighted by Gasteiger charge is -2.17. The summed E-state index contributed by atoms with van der Waals surface area (Å²) in [6.45, 7) is 8.64. The molecule has 0 saturated carbocycles. The predicted octanol–water partition coefficient (Wildman–Crippen LogP) is 1.12. The Labute approximate surface area is 97.7 Å². The largest absolute Gasteiger partial charge is 0.447 e. The highest BCUT2D eigenvalue weighted by Crippen LogP contribution is 2.16. The van der Waals surface area contributed by atoms with E-state index in [-0.39, 0.29) is 18.1 Å². The molecule has 0 fully saturated rings. The molecule has 0 radical (unpaired) electrons. The Morgan fingerprint density at radius 3 is 2.50 bits per heavy atom. The quantitative estimate of drug-likeness (QED) is 0.645. The van der Waals surface area contributed by atoms with Gasteiger partial charge in [0.2, 0.25) is 0 Å². The molecule has 0 spiro atoms. The smallest absolute Gasteiger partial charge is 0.407 e. The zero-order valence-electron chi connectivity index (χ0n) is 10.5. The first-order valence-corrected chi connectivity index (χ1v) is 5.64. The number of nitrogens with two attached hydrogens (primary N) is 1. The van der Waals surface area contributed by atoms with Gasteiger partial charge in [0.25, 0.3) is 0 Å². The maximum Gasteiger partial charge on any atom is 0.407 e. The van der Waals surface area contributed by atoms with Crippen molar-refractivity contribution in [2.45, 2.75) is 27.2 Å². The molecule has 5 heteroatoms. The average Bonchev–Trinajstić information content (AvgIpc) is 2.15. The van der Waals surface area contributed by atoms with Crippen LogP contribution < -0.4 is 11.1 Å². The molecule has 0 atom stereocenters. The highest BCUT2D eigenvalue weighted by Gasteiger charge is 2.10. The standard InChI is InChI=1S/C11H24N2O3/c1-11(2,3)4-6-13-10(14)16-9-8-15-7-5-12/h4-9,12H2,1-3H3,(H,13,14). The Morgan fingerprint density at radius 1 is 1.25 bits per heavy atom. The minimum Gasteiger partial charge on any atom is -0.447 e. The van der Waals surface area contributed by atoms with Crippen molar-refractivity contribution in [3.05, 3.63) is 0 Å². The molecule has 0 aromatic heterocycles. The third-order valence-corrected chi connectivity index (χ3v) is 1.87. The molecule has 0 aliphatic rings. The van der Waals surface area contributed by atoms with Crippen LogP contribution in [0, 0.1) is 5.41 Å². The number of nitrogens with one attached hydrogen (secondary N) is 1. The summed E-state index contributed by atoms with van der Waals surface area (Å²) >= 11 is 0. The van der Waals surface area contributed by atoms with E-state index in [4.69, 9.17) is 15.2 Å². The number of ether oxygens (including phenoxy) is 2. The van der Waals surface area contributed by atoms with Gasteiger partial charge in [0.1, 0.15) is 6.61 Å². The molecule has 96 valence electrons. The van der Waals surface area contributed by atoms with Crippen molar-refractivity contribution in [1.82, 2.24) is 5.32 Å². The first-order chi connectivity index (χ1) is 7.45. The van der Waals surface area contributed by atoms with E-state index in [9.17, 15) is 4.79 Å². The third kappa shape index (κ3) is 11.3. The minimum atomic E-state index is -0.388. The number of carbonyl (C=O) groups excluding carboxylic acids is 1. The fourth-order valence-electron chi connectivity index (χ4n) is 0.969. The van der Waals surface area contributed by atoms with Gasteiger partial charge < -0.3 is 20.5 Å². The minimum absolute atomic E-state index is 0.220. The first kappa shape index (κ1) is 15.2. The molecule has 0 saturated heterocycles. The summed E-state index contributed by atoms with van der Waals surface area (Å²) in [6.07, 6.45) is 0.534. The SMILES string of the molecule is CC(C)(C)CCNC(=O)OCCOCCN. The monoisotopic (exact) mass is 232 g/mol. The first-order valence-electron chi connectivity index (χ1n) is 5.64. The van der Waals surface area contributed by atoms with Crippen molar-refractivity contribution < 1.29 is 14.3 Å². The maximum absolute atomic E-state index is 11.1. The number of hydrogen-bond acceptors (Lipinski definition) is 4. The molecule has 1 amide bonds. The Morgan fingerprint density at radius 2 is 1.94 bits per heavy atom. The van der Waals surface area contributed by atoms with E-state index >= 15 is 0 Å². The summed E-state index contributed by atoms with van der Waals surface area (Å²) < 4.78 is 9.95. The van der Waals surface area contributed by atoms with E-state index in [0.29, 0.717) is 26.3 Å². The summed E-state index contributed by atoms with van der Waals surface area (Å²) in [5.74, 6) is 0. The van der Waals surface area contributed by atoms with Gasteiger partial charge >= 0.3 is 6.09 Å². The topological polar surface area (TPSA) is 73.6 Å². The van der Waals surface area contributed by atoms with Crippen molar-refractivity contribution in [2.24, 2.45) is 11.1 Å². The fraction of sp³-hybridized carbons (Fsp3) is 0.909. The van der Waals surface area contributed by atoms with Crippen molar-refractivity contribution in [3.63, 3.8) is 0 Å².